The van der Waals surface area contributed by atoms with Crippen molar-refractivity contribution in [2.24, 2.45) is 0 Å². The largest absolute Gasteiger partial charge is 0.338 e. The lowest BCUT2D eigenvalue weighted by atomic mass is 10.0. The third-order valence-electron chi connectivity index (χ3n) is 5.45. The second kappa shape index (κ2) is 7.59. The lowest BCUT2D eigenvalue weighted by Crippen LogP contribution is -2.39. The summed E-state index contributed by atoms with van der Waals surface area (Å²) in [6, 6.07) is 17.3. The predicted octanol–water partition coefficient (Wildman–Crippen LogP) is 5.11. The number of halogens is 1. The summed E-state index contributed by atoms with van der Waals surface area (Å²) in [5.74, 6) is 0. The molecule has 1 fully saturated rings. The Balaban J connectivity index is 1.86. The van der Waals surface area contributed by atoms with Crippen LogP contribution in [0.4, 0.5) is 5.69 Å². The number of aromatic nitrogens is 1. The van der Waals surface area contributed by atoms with E-state index in [1.54, 1.807) is 12.1 Å². The maximum absolute atomic E-state index is 11.3. The van der Waals surface area contributed by atoms with E-state index in [1.165, 1.54) is 19.3 Å². The summed E-state index contributed by atoms with van der Waals surface area (Å²) in [7, 11) is 2.19. The predicted molar refractivity (Wildman–Crippen MR) is 116 cm³/mol. The van der Waals surface area contributed by atoms with Gasteiger partial charge in [0.2, 0.25) is 0 Å². The van der Waals surface area contributed by atoms with Crippen LogP contribution in [0.1, 0.15) is 19.3 Å². The van der Waals surface area contributed by atoms with E-state index in [2.05, 4.69) is 57.3 Å². The molecule has 1 radical (unpaired) electrons. The minimum Gasteiger partial charge on any atom is -0.338 e. The van der Waals surface area contributed by atoms with Crippen molar-refractivity contribution < 1.29 is 4.92 Å². The number of rotatable bonds is 4. The van der Waals surface area contributed by atoms with Gasteiger partial charge in [0, 0.05) is 50.8 Å². The average Bonchev–Trinajstić information content (AvgIpc) is 3.02. The maximum Gasteiger partial charge on any atom is 0.270 e. The summed E-state index contributed by atoms with van der Waals surface area (Å²) in [4.78, 5) is 13.4. The molecule has 1 aliphatic rings. The van der Waals surface area contributed by atoms with Gasteiger partial charge in [0.05, 0.1) is 10.6 Å². The van der Waals surface area contributed by atoms with Gasteiger partial charge in [0.1, 0.15) is 0 Å². The summed E-state index contributed by atoms with van der Waals surface area (Å²) in [5.41, 5.74) is 3.06. The normalized spacial score (nSPS) is 18.1. The van der Waals surface area contributed by atoms with Crippen LogP contribution in [-0.4, -0.2) is 34.0 Å². The van der Waals surface area contributed by atoms with Gasteiger partial charge in [-0.2, -0.15) is 0 Å². The number of piperidine rings is 1. The van der Waals surface area contributed by atoms with E-state index in [-0.39, 0.29) is 10.6 Å². The first-order valence-electron chi connectivity index (χ1n) is 9.19. The zero-order chi connectivity index (χ0) is 19.0. The molecule has 1 aromatic heterocycles. The number of fused-ring (bicyclic) bond motifs is 1. The molecule has 0 saturated carbocycles. The summed E-state index contributed by atoms with van der Waals surface area (Å²) in [6.45, 7) is 1.99. The molecule has 0 bridgehead atoms. The molecule has 139 valence electrons. The van der Waals surface area contributed by atoms with Crippen molar-refractivity contribution in [1.82, 2.24) is 9.47 Å². The minimum absolute atomic E-state index is 0.116. The van der Waals surface area contributed by atoms with Crippen molar-refractivity contribution >= 4 is 39.2 Å². The van der Waals surface area contributed by atoms with Gasteiger partial charge in [-0.15, -0.1) is 0 Å². The summed E-state index contributed by atoms with van der Waals surface area (Å²) in [5, 5.41) is 12.3. The van der Waals surface area contributed by atoms with Crippen molar-refractivity contribution in [2.45, 2.75) is 31.8 Å². The van der Waals surface area contributed by atoms with Crippen LogP contribution < -0.4 is 0 Å². The third kappa shape index (κ3) is 3.60. The number of benzene rings is 2. The monoisotopic (exact) mass is 474 g/mol. The van der Waals surface area contributed by atoms with Gasteiger partial charge in [0.25, 0.3) is 5.69 Å². The Hall–Kier alpha value is -1.93. The van der Waals surface area contributed by atoms with Crippen molar-refractivity contribution in [1.29, 1.82) is 0 Å². The van der Waals surface area contributed by atoms with Crippen molar-refractivity contribution in [2.75, 3.05) is 13.6 Å². The van der Waals surface area contributed by atoms with Gasteiger partial charge in [-0.05, 0) is 61.2 Å². The number of nitro benzene ring substituents is 1. The Labute approximate surface area is 172 Å². The number of para-hydroxylation sites is 1. The van der Waals surface area contributed by atoms with Gasteiger partial charge in [-0.25, -0.2) is 0 Å². The fraction of sp³-hybridized carbons (Fsp3) is 0.333. The number of nitro groups is 1. The number of hydrogen-bond donors (Lipinski definition) is 0. The van der Waals surface area contributed by atoms with Gasteiger partial charge < -0.3 is 9.47 Å². The molecule has 0 spiro atoms. The van der Waals surface area contributed by atoms with Gasteiger partial charge >= 0.3 is 0 Å². The molecule has 0 amide bonds. The number of hydrogen-bond acceptors (Lipinski definition) is 3. The molecule has 6 heteroatoms. The van der Waals surface area contributed by atoms with Crippen molar-refractivity contribution in [3.05, 3.63) is 62.2 Å². The summed E-state index contributed by atoms with van der Waals surface area (Å²) in [6.07, 6.45) is 3.68. The zero-order valence-corrected chi connectivity index (χ0v) is 17.3. The van der Waals surface area contributed by atoms with Crippen molar-refractivity contribution in [3.8, 4) is 11.3 Å². The highest BCUT2D eigenvalue weighted by Crippen LogP contribution is 2.34. The van der Waals surface area contributed by atoms with Crippen LogP contribution in [0, 0.1) is 19.8 Å². The Kier molecular flexibility index (Phi) is 5.19. The quantitative estimate of drug-likeness (QED) is 0.300. The first-order chi connectivity index (χ1) is 13.0. The Morgan fingerprint density at radius 1 is 1.26 bits per heavy atom. The van der Waals surface area contributed by atoms with Crippen LogP contribution in [0.15, 0.2) is 42.5 Å². The molecule has 5 nitrogen and oxygen atoms in total. The molecule has 1 unspecified atom stereocenters. The van der Waals surface area contributed by atoms with Gasteiger partial charge in [-0.1, -0.05) is 24.6 Å². The highest BCUT2D eigenvalue weighted by Gasteiger charge is 2.23. The lowest BCUT2D eigenvalue weighted by Gasteiger charge is -2.33. The lowest BCUT2D eigenvalue weighted by molar-refractivity contribution is -0.384. The molecular formula is C21H21IN3O2. The van der Waals surface area contributed by atoms with Crippen LogP contribution in [0.2, 0.25) is 0 Å². The Morgan fingerprint density at radius 2 is 2.07 bits per heavy atom. The topological polar surface area (TPSA) is 51.3 Å². The van der Waals surface area contributed by atoms with E-state index in [9.17, 15) is 10.1 Å². The molecule has 3 aromatic rings. The molecule has 27 heavy (non-hydrogen) atoms. The van der Waals surface area contributed by atoms with E-state index in [0.29, 0.717) is 6.04 Å². The fourth-order valence-corrected chi connectivity index (χ4v) is 4.52. The molecule has 1 saturated heterocycles. The molecule has 2 aromatic carbocycles. The van der Waals surface area contributed by atoms with Crippen LogP contribution in [0.25, 0.3) is 22.2 Å². The Morgan fingerprint density at radius 3 is 2.85 bits per heavy atom. The number of likely N-dealkylation sites (tertiary alicyclic amines) is 1. The van der Waals surface area contributed by atoms with Crippen LogP contribution in [-0.2, 0) is 6.54 Å². The van der Waals surface area contributed by atoms with Crippen LogP contribution in [0.5, 0.6) is 0 Å². The highest BCUT2D eigenvalue weighted by molar-refractivity contribution is 14.1. The van der Waals surface area contributed by atoms with Gasteiger partial charge in [-0.3, -0.25) is 10.1 Å². The maximum atomic E-state index is 11.3. The zero-order valence-electron chi connectivity index (χ0n) is 15.2. The van der Waals surface area contributed by atoms with E-state index in [0.717, 1.165) is 38.8 Å². The first-order valence-corrected chi connectivity index (χ1v) is 10.3. The van der Waals surface area contributed by atoms with Crippen molar-refractivity contribution in [3.63, 3.8) is 0 Å². The number of nitrogens with zero attached hydrogens (tertiary/aromatic N) is 3. The minimum atomic E-state index is -0.332. The second-order valence-corrected chi connectivity index (χ2v) is 8.32. The Bertz CT molecular complexity index is 998. The van der Waals surface area contributed by atoms with E-state index < -0.39 is 0 Å². The average molecular weight is 474 g/mol. The third-order valence-corrected chi connectivity index (χ3v) is 6.39. The van der Waals surface area contributed by atoms with Crippen LogP contribution >= 0.6 is 22.6 Å². The van der Waals surface area contributed by atoms with E-state index >= 15 is 0 Å². The summed E-state index contributed by atoms with van der Waals surface area (Å²) >= 11 is 2.25. The highest BCUT2D eigenvalue weighted by atomic mass is 127. The first kappa shape index (κ1) is 18.4. The molecular weight excluding hydrogens is 453 g/mol. The fourth-order valence-electron chi connectivity index (χ4n) is 3.93. The number of likely N-dealkylation sites (N-methyl/N-ethyl adjacent to an activating group) is 1. The molecule has 2 heterocycles. The van der Waals surface area contributed by atoms with E-state index in [4.69, 9.17) is 0 Å². The van der Waals surface area contributed by atoms with E-state index in [1.807, 2.05) is 18.2 Å². The molecule has 1 aliphatic heterocycles. The van der Waals surface area contributed by atoms with Gasteiger partial charge in [0.15, 0.2) is 0 Å². The smallest absolute Gasteiger partial charge is 0.270 e. The summed E-state index contributed by atoms with van der Waals surface area (Å²) < 4.78 is 3.29. The second-order valence-electron chi connectivity index (χ2n) is 7.15. The molecule has 4 rings (SSSR count). The molecule has 0 N–H and O–H groups in total. The SMILES string of the molecule is CN1CCCCC1Cn1c(-c2cc([N+](=O)[O-])ccc2I)[c]c2ccccc21. The molecule has 1 atom stereocenters. The number of non-ortho nitro benzene ring substituents is 1. The standard InChI is InChI=1S/C21H21IN3O2/c1-23-11-5-4-7-17(23)14-24-20-8-3-2-6-15(20)12-21(24)18-13-16(25(26)27)9-10-19(18)22/h2-3,6,8-10,13,17H,4-5,7,11,14H2,1H3. The van der Waals surface area contributed by atoms with Crippen LogP contribution in [0.3, 0.4) is 0 Å². The molecule has 0 aliphatic carbocycles.